The lowest BCUT2D eigenvalue weighted by molar-refractivity contribution is 0.373. The molecular formula is C15H23Cl2N3. The Bertz CT molecular complexity index is 429. The van der Waals surface area contributed by atoms with Crippen LogP contribution in [-0.4, -0.2) is 31.2 Å². The van der Waals surface area contributed by atoms with Crippen LogP contribution in [0.15, 0.2) is 12.3 Å². The highest BCUT2D eigenvalue weighted by Crippen LogP contribution is 2.29. The van der Waals surface area contributed by atoms with Crippen molar-refractivity contribution in [2.24, 2.45) is 11.8 Å². The first kappa shape index (κ1) is 15.9. The summed E-state index contributed by atoms with van der Waals surface area (Å²) >= 11 is 12.1. The van der Waals surface area contributed by atoms with E-state index >= 15 is 0 Å². The van der Waals surface area contributed by atoms with E-state index in [9.17, 15) is 0 Å². The van der Waals surface area contributed by atoms with E-state index in [0.717, 1.165) is 37.9 Å². The van der Waals surface area contributed by atoms with Crippen LogP contribution in [0.5, 0.6) is 0 Å². The summed E-state index contributed by atoms with van der Waals surface area (Å²) < 4.78 is 0. The third kappa shape index (κ3) is 4.51. The molecule has 0 aliphatic carbocycles. The van der Waals surface area contributed by atoms with Crippen molar-refractivity contribution in [3.8, 4) is 0 Å². The van der Waals surface area contributed by atoms with Gasteiger partial charge in [0, 0.05) is 19.3 Å². The van der Waals surface area contributed by atoms with E-state index in [0.29, 0.717) is 16.0 Å². The number of nitrogens with one attached hydrogen (secondary N) is 1. The molecule has 1 aliphatic rings. The molecule has 2 heterocycles. The van der Waals surface area contributed by atoms with Gasteiger partial charge in [0.1, 0.15) is 5.82 Å². The fourth-order valence-electron chi connectivity index (χ4n) is 2.57. The summed E-state index contributed by atoms with van der Waals surface area (Å²) in [6, 6.07) is 1.77. The Balaban J connectivity index is 1.82. The Labute approximate surface area is 131 Å². The Hall–Kier alpha value is -0.510. The molecule has 0 aromatic carbocycles. The van der Waals surface area contributed by atoms with Gasteiger partial charge >= 0.3 is 0 Å². The first-order chi connectivity index (χ1) is 9.56. The zero-order valence-electron chi connectivity index (χ0n) is 12.2. The predicted molar refractivity (Wildman–Crippen MR) is 86.9 cm³/mol. The topological polar surface area (TPSA) is 28.2 Å². The molecule has 0 radical (unpaired) electrons. The maximum absolute atomic E-state index is 6.22. The minimum absolute atomic E-state index is 0.589. The quantitative estimate of drug-likeness (QED) is 0.894. The molecule has 5 heteroatoms. The molecule has 0 atom stereocenters. The number of rotatable bonds is 5. The molecule has 112 valence electrons. The van der Waals surface area contributed by atoms with Gasteiger partial charge in [-0.05, 0) is 43.8 Å². The maximum atomic E-state index is 6.22. The van der Waals surface area contributed by atoms with Crippen LogP contribution < -0.4 is 10.2 Å². The molecule has 0 spiro atoms. The number of anilines is 1. The van der Waals surface area contributed by atoms with E-state index in [1.807, 2.05) is 0 Å². The van der Waals surface area contributed by atoms with Crippen molar-refractivity contribution in [3.63, 3.8) is 0 Å². The Morgan fingerprint density at radius 1 is 1.35 bits per heavy atom. The second-order valence-electron chi connectivity index (χ2n) is 5.94. The first-order valence-corrected chi connectivity index (χ1v) is 8.08. The molecule has 1 N–H and O–H groups in total. The van der Waals surface area contributed by atoms with Gasteiger partial charge in [-0.15, -0.1) is 0 Å². The summed E-state index contributed by atoms with van der Waals surface area (Å²) in [6.45, 7) is 8.73. The van der Waals surface area contributed by atoms with E-state index in [4.69, 9.17) is 23.2 Å². The molecule has 1 saturated heterocycles. The second-order valence-corrected chi connectivity index (χ2v) is 6.79. The molecule has 0 unspecified atom stereocenters. The van der Waals surface area contributed by atoms with Crippen LogP contribution in [0.3, 0.4) is 0 Å². The molecule has 0 saturated carbocycles. The molecular weight excluding hydrogens is 293 g/mol. The first-order valence-electron chi connectivity index (χ1n) is 7.33. The van der Waals surface area contributed by atoms with Crippen molar-refractivity contribution in [3.05, 3.63) is 22.3 Å². The minimum atomic E-state index is 0.589. The largest absolute Gasteiger partial charge is 0.355 e. The lowest BCUT2D eigenvalue weighted by Gasteiger charge is -2.33. The van der Waals surface area contributed by atoms with Gasteiger partial charge in [-0.3, -0.25) is 0 Å². The van der Waals surface area contributed by atoms with Crippen LogP contribution >= 0.6 is 23.2 Å². The number of hydrogen-bond donors (Lipinski definition) is 1. The maximum Gasteiger partial charge on any atom is 0.147 e. The predicted octanol–water partition coefficient (Wildman–Crippen LogP) is 3.85. The van der Waals surface area contributed by atoms with Crippen molar-refractivity contribution in [1.82, 2.24) is 10.3 Å². The van der Waals surface area contributed by atoms with Crippen LogP contribution in [0, 0.1) is 11.8 Å². The number of halogens is 2. The Kier molecular flexibility index (Phi) is 5.94. The molecule has 20 heavy (non-hydrogen) atoms. The average Bonchev–Trinajstić information content (AvgIpc) is 2.39. The van der Waals surface area contributed by atoms with Crippen LogP contribution in [0.25, 0.3) is 0 Å². The monoisotopic (exact) mass is 315 g/mol. The summed E-state index contributed by atoms with van der Waals surface area (Å²) in [6.07, 6.45) is 4.04. The van der Waals surface area contributed by atoms with Crippen molar-refractivity contribution in [1.29, 1.82) is 0 Å². The van der Waals surface area contributed by atoms with Gasteiger partial charge in [-0.1, -0.05) is 37.0 Å². The molecule has 1 fully saturated rings. The van der Waals surface area contributed by atoms with Crippen LogP contribution in [-0.2, 0) is 0 Å². The lowest BCUT2D eigenvalue weighted by Crippen LogP contribution is -2.38. The summed E-state index contributed by atoms with van der Waals surface area (Å²) in [5.74, 6) is 2.34. The number of nitrogens with zero attached hydrogens (tertiary/aromatic N) is 2. The van der Waals surface area contributed by atoms with E-state index in [1.54, 1.807) is 12.3 Å². The third-order valence-corrected chi connectivity index (χ3v) is 4.17. The summed E-state index contributed by atoms with van der Waals surface area (Å²) in [7, 11) is 0. The van der Waals surface area contributed by atoms with Gasteiger partial charge in [-0.2, -0.15) is 0 Å². The fraction of sp³-hybridized carbons (Fsp3) is 0.667. The smallest absolute Gasteiger partial charge is 0.147 e. The van der Waals surface area contributed by atoms with Gasteiger partial charge in [0.25, 0.3) is 0 Å². The molecule has 0 amide bonds. The van der Waals surface area contributed by atoms with Gasteiger partial charge in [0.15, 0.2) is 0 Å². The Morgan fingerprint density at radius 3 is 2.65 bits per heavy atom. The van der Waals surface area contributed by atoms with Crippen LogP contribution in [0.2, 0.25) is 10.0 Å². The van der Waals surface area contributed by atoms with E-state index < -0.39 is 0 Å². The summed E-state index contributed by atoms with van der Waals surface area (Å²) in [5, 5.41) is 4.79. The van der Waals surface area contributed by atoms with E-state index in [-0.39, 0.29) is 0 Å². The van der Waals surface area contributed by atoms with E-state index in [2.05, 4.69) is 29.0 Å². The zero-order chi connectivity index (χ0) is 14.5. The third-order valence-electron chi connectivity index (χ3n) is 3.69. The Morgan fingerprint density at radius 2 is 2.05 bits per heavy atom. The molecule has 0 bridgehead atoms. The highest BCUT2D eigenvalue weighted by Gasteiger charge is 2.21. The second kappa shape index (κ2) is 7.48. The van der Waals surface area contributed by atoms with Crippen LogP contribution in [0.1, 0.15) is 26.7 Å². The van der Waals surface area contributed by atoms with Gasteiger partial charge in [0.2, 0.25) is 0 Å². The summed E-state index contributed by atoms with van der Waals surface area (Å²) in [5.41, 5.74) is 0. The highest BCUT2D eigenvalue weighted by atomic mass is 35.5. The van der Waals surface area contributed by atoms with E-state index in [1.165, 1.54) is 12.8 Å². The SMILES string of the molecule is CC(C)CNCC1CCN(c2ncc(Cl)cc2Cl)CC1. The summed E-state index contributed by atoms with van der Waals surface area (Å²) in [4.78, 5) is 6.62. The van der Waals surface area contributed by atoms with Gasteiger partial charge in [-0.25, -0.2) is 4.98 Å². The number of aromatic nitrogens is 1. The molecule has 1 aromatic heterocycles. The number of pyridine rings is 1. The molecule has 3 nitrogen and oxygen atoms in total. The molecule has 2 rings (SSSR count). The van der Waals surface area contributed by atoms with Gasteiger partial charge < -0.3 is 10.2 Å². The van der Waals surface area contributed by atoms with Crippen molar-refractivity contribution in [2.45, 2.75) is 26.7 Å². The molecule has 1 aromatic rings. The van der Waals surface area contributed by atoms with Crippen LogP contribution in [0.4, 0.5) is 5.82 Å². The molecule has 1 aliphatic heterocycles. The minimum Gasteiger partial charge on any atom is -0.355 e. The normalized spacial score (nSPS) is 16.9. The van der Waals surface area contributed by atoms with Crippen molar-refractivity contribution < 1.29 is 0 Å². The van der Waals surface area contributed by atoms with Gasteiger partial charge in [0.05, 0.1) is 10.0 Å². The number of hydrogen-bond acceptors (Lipinski definition) is 3. The number of piperidine rings is 1. The standard InChI is InChI=1S/C15H23Cl2N3/c1-11(2)8-18-9-12-3-5-20(6-4-12)15-14(17)7-13(16)10-19-15/h7,10-12,18H,3-6,8-9H2,1-2H3. The highest BCUT2D eigenvalue weighted by molar-refractivity contribution is 6.36. The lowest BCUT2D eigenvalue weighted by atomic mass is 9.96. The van der Waals surface area contributed by atoms with Crippen molar-refractivity contribution >= 4 is 29.0 Å². The zero-order valence-corrected chi connectivity index (χ0v) is 13.7. The average molecular weight is 316 g/mol. The fourth-order valence-corrected chi connectivity index (χ4v) is 3.06. The van der Waals surface area contributed by atoms with Crippen molar-refractivity contribution in [2.75, 3.05) is 31.1 Å².